The summed E-state index contributed by atoms with van der Waals surface area (Å²) in [7, 11) is 0. The van der Waals surface area contributed by atoms with Crippen LogP contribution in [0.3, 0.4) is 0 Å². The van der Waals surface area contributed by atoms with E-state index in [1.165, 1.54) is 25.1 Å². The average molecular weight is 280 g/mol. The Labute approximate surface area is 113 Å². The highest BCUT2D eigenvalue weighted by atomic mass is 19.2. The first kappa shape index (κ1) is 14.1. The second-order valence-corrected chi connectivity index (χ2v) is 4.20. The zero-order valence-corrected chi connectivity index (χ0v) is 10.6. The van der Waals surface area contributed by atoms with Gasteiger partial charge in [-0.3, -0.25) is 4.79 Å². The standard InChI is InChI=1S/C15H11F3O2/c1-9(19)12-7-11(16)5-6-14(12)20-8-10-3-2-4-13(17)15(10)18/h2-7H,8H2,1H3. The van der Waals surface area contributed by atoms with Gasteiger partial charge < -0.3 is 4.74 Å². The second-order valence-electron chi connectivity index (χ2n) is 4.20. The van der Waals surface area contributed by atoms with Gasteiger partial charge in [0.2, 0.25) is 0 Å². The quantitative estimate of drug-likeness (QED) is 0.794. The summed E-state index contributed by atoms with van der Waals surface area (Å²) < 4.78 is 44.8. The van der Waals surface area contributed by atoms with Crippen LogP contribution in [0.1, 0.15) is 22.8 Å². The van der Waals surface area contributed by atoms with E-state index in [9.17, 15) is 18.0 Å². The smallest absolute Gasteiger partial charge is 0.165 e. The van der Waals surface area contributed by atoms with Crippen molar-refractivity contribution in [1.82, 2.24) is 0 Å². The highest BCUT2D eigenvalue weighted by Crippen LogP contribution is 2.22. The fourth-order valence-corrected chi connectivity index (χ4v) is 1.72. The van der Waals surface area contributed by atoms with E-state index in [1.54, 1.807) is 0 Å². The van der Waals surface area contributed by atoms with Crippen molar-refractivity contribution < 1.29 is 22.7 Å². The van der Waals surface area contributed by atoms with Gasteiger partial charge in [-0.25, -0.2) is 13.2 Å². The Hall–Kier alpha value is -2.30. The van der Waals surface area contributed by atoms with Crippen molar-refractivity contribution in [3.63, 3.8) is 0 Å². The van der Waals surface area contributed by atoms with Crippen LogP contribution >= 0.6 is 0 Å². The van der Waals surface area contributed by atoms with Crippen molar-refractivity contribution in [2.45, 2.75) is 13.5 Å². The first-order chi connectivity index (χ1) is 9.49. The molecular formula is C15H11F3O2. The van der Waals surface area contributed by atoms with E-state index in [0.29, 0.717) is 0 Å². The van der Waals surface area contributed by atoms with Crippen LogP contribution in [0, 0.1) is 17.5 Å². The lowest BCUT2D eigenvalue weighted by Crippen LogP contribution is -2.04. The first-order valence-electron chi connectivity index (χ1n) is 5.85. The summed E-state index contributed by atoms with van der Waals surface area (Å²) in [4.78, 5) is 11.4. The molecule has 0 heterocycles. The topological polar surface area (TPSA) is 26.3 Å². The average Bonchev–Trinajstić information content (AvgIpc) is 2.41. The zero-order chi connectivity index (χ0) is 14.7. The summed E-state index contributed by atoms with van der Waals surface area (Å²) in [5, 5.41) is 0. The number of Topliss-reactive ketones (excluding diaryl/α,β-unsaturated/α-hetero) is 1. The lowest BCUT2D eigenvalue weighted by atomic mass is 10.1. The van der Waals surface area contributed by atoms with E-state index in [0.717, 1.165) is 18.2 Å². The van der Waals surface area contributed by atoms with E-state index < -0.39 is 17.5 Å². The molecule has 0 aliphatic rings. The Morgan fingerprint density at radius 2 is 1.90 bits per heavy atom. The summed E-state index contributed by atoms with van der Waals surface area (Å²) in [5.41, 5.74) is 0.0747. The summed E-state index contributed by atoms with van der Waals surface area (Å²) in [6.07, 6.45) is 0. The predicted octanol–water partition coefficient (Wildman–Crippen LogP) is 3.89. The zero-order valence-electron chi connectivity index (χ0n) is 10.6. The number of halogens is 3. The van der Waals surface area contributed by atoms with Gasteiger partial charge in [-0.1, -0.05) is 12.1 Å². The molecule has 2 nitrogen and oxygen atoms in total. The van der Waals surface area contributed by atoms with Crippen molar-refractivity contribution in [1.29, 1.82) is 0 Å². The SMILES string of the molecule is CC(=O)c1cc(F)ccc1OCc1cccc(F)c1F. The molecular weight excluding hydrogens is 269 g/mol. The van der Waals surface area contributed by atoms with Crippen molar-refractivity contribution in [3.8, 4) is 5.75 Å². The van der Waals surface area contributed by atoms with Gasteiger partial charge in [0.15, 0.2) is 17.4 Å². The van der Waals surface area contributed by atoms with E-state index in [-0.39, 0.29) is 29.3 Å². The molecule has 0 atom stereocenters. The van der Waals surface area contributed by atoms with Crippen molar-refractivity contribution >= 4 is 5.78 Å². The van der Waals surface area contributed by atoms with Crippen LogP contribution < -0.4 is 4.74 Å². The Balaban J connectivity index is 2.23. The maximum Gasteiger partial charge on any atom is 0.165 e. The fourth-order valence-electron chi connectivity index (χ4n) is 1.72. The molecule has 0 aromatic heterocycles. The Kier molecular flexibility index (Phi) is 4.08. The van der Waals surface area contributed by atoms with Gasteiger partial charge in [-0.15, -0.1) is 0 Å². The number of hydrogen-bond donors (Lipinski definition) is 0. The van der Waals surface area contributed by atoms with Crippen LogP contribution in [0.2, 0.25) is 0 Å². The van der Waals surface area contributed by atoms with Gasteiger partial charge in [-0.05, 0) is 31.2 Å². The van der Waals surface area contributed by atoms with Crippen LogP contribution in [0.4, 0.5) is 13.2 Å². The number of carbonyl (C=O) groups excluding carboxylic acids is 1. The molecule has 0 unspecified atom stereocenters. The van der Waals surface area contributed by atoms with Gasteiger partial charge in [0.25, 0.3) is 0 Å². The van der Waals surface area contributed by atoms with Crippen LogP contribution in [0.25, 0.3) is 0 Å². The molecule has 0 radical (unpaired) electrons. The van der Waals surface area contributed by atoms with Crippen LogP contribution in [0.15, 0.2) is 36.4 Å². The molecule has 2 rings (SSSR count). The van der Waals surface area contributed by atoms with E-state index in [2.05, 4.69) is 0 Å². The van der Waals surface area contributed by atoms with E-state index in [1.807, 2.05) is 0 Å². The molecule has 0 bridgehead atoms. The number of ether oxygens (including phenoxy) is 1. The third kappa shape index (κ3) is 2.99. The summed E-state index contributed by atoms with van der Waals surface area (Å²) >= 11 is 0. The second kappa shape index (κ2) is 5.77. The van der Waals surface area contributed by atoms with Gasteiger partial charge in [0, 0.05) is 5.56 Å². The molecule has 0 fully saturated rings. The lowest BCUT2D eigenvalue weighted by molar-refractivity contribution is 0.101. The van der Waals surface area contributed by atoms with Gasteiger partial charge >= 0.3 is 0 Å². The van der Waals surface area contributed by atoms with E-state index >= 15 is 0 Å². The number of hydrogen-bond acceptors (Lipinski definition) is 2. The minimum atomic E-state index is -1.00. The highest BCUT2D eigenvalue weighted by Gasteiger charge is 2.12. The van der Waals surface area contributed by atoms with Gasteiger partial charge in [0.1, 0.15) is 18.2 Å². The summed E-state index contributed by atoms with van der Waals surface area (Å²) in [6, 6.07) is 7.17. The van der Waals surface area contributed by atoms with E-state index in [4.69, 9.17) is 4.74 Å². The molecule has 0 aliphatic heterocycles. The van der Waals surface area contributed by atoms with Gasteiger partial charge in [-0.2, -0.15) is 0 Å². The number of carbonyl (C=O) groups is 1. The molecule has 0 amide bonds. The van der Waals surface area contributed by atoms with Gasteiger partial charge in [0.05, 0.1) is 5.56 Å². The normalized spacial score (nSPS) is 10.4. The largest absolute Gasteiger partial charge is 0.488 e. The maximum absolute atomic E-state index is 13.4. The molecule has 0 aliphatic carbocycles. The predicted molar refractivity (Wildman–Crippen MR) is 67.1 cm³/mol. The third-order valence-corrected chi connectivity index (χ3v) is 2.74. The summed E-state index contributed by atoms with van der Waals surface area (Å²) in [6.45, 7) is 1.01. The number of rotatable bonds is 4. The lowest BCUT2D eigenvalue weighted by Gasteiger charge is -2.10. The Morgan fingerprint density at radius 1 is 1.15 bits per heavy atom. The molecule has 0 saturated carbocycles. The van der Waals surface area contributed by atoms with Crippen molar-refractivity contribution in [2.75, 3.05) is 0 Å². The maximum atomic E-state index is 13.4. The molecule has 5 heteroatoms. The van der Waals surface area contributed by atoms with Crippen LogP contribution in [-0.4, -0.2) is 5.78 Å². The minimum absolute atomic E-state index is 0.0174. The number of benzene rings is 2. The molecule has 20 heavy (non-hydrogen) atoms. The monoisotopic (exact) mass is 280 g/mol. The molecule has 2 aromatic rings. The number of ketones is 1. The molecule has 2 aromatic carbocycles. The molecule has 0 spiro atoms. The fraction of sp³-hybridized carbons (Fsp3) is 0.133. The first-order valence-corrected chi connectivity index (χ1v) is 5.85. The van der Waals surface area contributed by atoms with Crippen LogP contribution in [0.5, 0.6) is 5.75 Å². The molecule has 104 valence electrons. The highest BCUT2D eigenvalue weighted by molar-refractivity contribution is 5.96. The summed E-state index contributed by atoms with van der Waals surface area (Å²) in [5.74, 6) is -2.79. The Bertz CT molecular complexity index is 654. The van der Waals surface area contributed by atoms with Crippen molar-refractivity contribution in [3.05, 3.63) is 65.0 Å². The third-order valence-electron chi connectivity index (χ3n) is 2.74. The molecule has 0 saturated heterocycles. The molecule has 0 N–H and O–H groups in total. The van der Waals surface area contributed by atoms with Crippen LogP contribution in [-0.2, 0) is 6.61 Å². The van der Waals surface area contributed by atoms with Crippen molar-refractivity contribution in [2.24, 2.45) is 0 Å². The Morgan fingerprint density at radius 3 is 2.60 bits per heavy atom. The minimum Gasteiger partial charge on any atom is -0.488 e.